The molecule has 0 saturated heterocycles. The van der Waals surface area contributed by atoms with Gasteiger partial charge in [0.2, 0.25) is 0 Å². The van der Waals surface area contributed by atoms with Crippen molar-refractivity contribution in [2.45, 2.75) is 0 Å². The molecular weight excluding hydrogens is 302 g/mol. The highest BCUT2D eigenvalue weighted by atomic mass is 35.5. The number of aromatic nitrogens is 1. The van der Waals surface area contributed by atoms with Crippen molar-refractivity contribution in [3.8, 4) is 23.3 Å². The summed E-state index contributed by atoms with van der Waals surface area (Å²) in [4.78, 5) is 4.05. The van der Waals surface area contributed by atoms with E-state index < -0.39 is 0 Å². The van der Waals surface area contributed by atoms with Gasteiger partial charge in [-0.15, -0.1) is 12.4 Å². The summed E-state index contributed by atoms with van der Waals surface area (Å²) < 4.78 is 0. The second kappa shape index (κ2) is 7.84. The van der Waals surface area contributed by atoms with Crippen molar-refractivity contribution >= 4 is 24.0 Å². The Morgan fingerprint density at radius 2 is 1.77 bits per heavy atom. The van der Waals surface area contributed by atoms with Gasteiger partial charge in [-0.05, 0) is 5.56 Å². The highest BCUT2D eigenvalue weighted by Gasteiger charge is 2.19. The molecule has 1 aromatic carbocycles. The zero-order chi connectivity index (χ0) is 15.2. The average molecular weight is 316 g/mol. The lowest BCUT2D eigenvalue weighted by atomic mass is 9.96. The molecule has 1 aromatic heterocycles. The summed E-state index contributed by atoms with van der Waals surface area (Å²) in [6.07, 6.45) is 0. The van der Waals surface area contributed by atoms with Crippen LogP contribution in [0.15, 0.2) is 30.3 Å². The van der Waals surface area contributed by atoms with E-state index in [2.05, 4.69) is 16.4 Å². The van der Waals surface area contributed by atoms with Crippen molar-refractivity contribution in [3.63, 3.8) is 0 Å². The minimum atomic E-state index is -0.104. The van der Waals surface area contributed by atoms with E-state index in [1.54, 1.807) is 12.1 Å². The first-order valence-electron chi connectivity index (χ1n) is 6.26. The number of rotatable bonds is 4. The van der Waals surface area contributed by atoms with Crippen LogP contribution in [0.1, 0.15) is 11.1 Å². The van der Waals surface area contributed by atoms with Crippen LogP contribution in [0.3, 0.4) is 0 Å². The summed E-state index contributed by atoms with van der Waals surface area (Å²) >= 11 is 0. The van der Waals surface area contributed by atoms with E-state index in [1.165, 1.54) is 0 Å². The molecule has 0 aliphatic rings. The van der Waals surface area contributed by atoms with Gasteiger partial charge in [0.15, 0.2) is 0 Å². The van der Waals surface area contributed by atoms with E-state index in [4.69, 9.17) is 10.8 Å². The van der Waals surface area contributed by atoms with Crippen molar-refractivity contribution in [2.24, 2.45) is 0 Å². The van der Waals surface area contributed by atoms with Gasteiger partial charge in [0.1, 0.15) is 34.9 Å². The number of anilines is 2. The molecule has 6 nitrogen and oxygen atoms in total. The molecule has 4 N–H and O–H groups in total. The van der Waals surface area contributed by atoms with Crippen molar-refractivity contribution in [1.29, 1.82) is 10.5 Å². The molecule has 7 heteroatoms. The molecular formula is C15H14ClN5O. The molecule has 0 atom stereocenters. The first-order valence-corrected chi connectivity index (χ1v) is 6.26. The number of nitrogen functional groups attached to an aromatic ring is 1. The summed E-state index contributed by atoms with van der Waals surface area (Å²) in [7, 11) is 0. The Labute approximate surface area is 134 Å². The monoisotopic (exact) mass is 315 g/mol. The molecule has 0 unspecified atom stereocenters. The summed E-state index contributed by atoms with van der Waals surface area (Å²) in [5.74, 6) is 0.317. The third kappa shape index (κ3) is 3.26. The maximum Gasteiger partial charge on any atom is 0.147 e. The first kappa shape index (κ1) is 17.3. The SMILES string of the molecule is Cl.N#Cc1c(N)nc(NCCO)c(C#N)c1-c1ccccc1. The normalized spacial score (nSPS) is 9.23. The fourth-order valence-corrected chi connectivity index (χ4v) is 2.02. The summed E-state index contributed by atoms with van der Waals surface area (Å²) in [6, 6.07) is 13.1. The van der Waals surface area contributed by atoms with Crippen LogP contribution in [-0.4, -0.2) is 23.2 Å². The number of aliphatic hydroxyl groups excluding tert-OH is 1. The minimum Gasteiger partial charge on any atom is -0.395 e. The lowest BCUT2D eigenvalue weighted by Gasteiger charge is -2.13. The Bertz CT molecular complexity index is 734. The molecule has 0 fully saturated rings. The van der Waals surface area contributed by atoms with Gasteiger partial charge in [0.25, 0.3) is 0 Å². The average Bonchev–Trinajstić information content (AvgIpc) is 2.52. The third-order valence-corrected chi connectivity index (χ3v) is 2.92. The van der Waals surface area contributed by atoms with E-state index >= 15 is 0 Å². The molecule has 1 heterocycles. The molecule has 0 saturated carbocycles. The van der Waals surface area contributed by atoms with Crippen LogP contribution in [0, 0.1) is 22.7 Å². The lowest BCUT2D eigenvalue weighted by Crippen LogP contribution is -2.11. The number of halogens is 1. The van der Waals surface area contributed by atoms with Crippen molar-refractivity contribution in [2.75, 3.05) is 24.2 Å². The zero-order valence-corrected chi connectivity index (χ0v) is 12.4. The van der Waals surface area contributed by atoms with Crippen molar-refractivity contribution < 1.29 is 5.11 Å². The van der Waals surface area contributed by atoms with Gasteiger partial charge < -0.3 is 16.2 Å². The Kier molecular flexibility index (Phi) is 6.15. The number of aliphatic hydroxyl groups is 1. The summed E-state index contributed by atoms with van der Waals surface area (Å²) in [5, 5.41) is 30.5. The van der Waals surface area contributed by atoms with E-state index in [-0.39, 0.29) is 48.3 Å². The van der Waals surface area contributed by atoms with E-state index in [9.17, 15) is 10.5 Å². The van der Waals surface area contributed by atoms with Crippen LogP contribution in [0.4, 0.5) is 11.6 Å². The highest BCUT2D eigenvalue weighted by molar-refractivity contribution is 5.85. The molecule has 0 aliphatic carbocycles. The number of nitrogens with zero attached hydrogens (tertiary/aromatic N) is 3. The third-order valence-electron chi connectivity index (χ3n) is 2.92. The molecule has 22 heavy (non-hydrogen) atoms. The van der Waals surface area contributed by atoms with Crippen LogP contribution >= 0.6 is 12.4 Å². The number of nitrogens with one attached hydrogen (secondary N) is 1. The highest BCUT2D eigenvalue weighted by Crippen LogP contribution is 2.33. The second-order valence-electron chi connectivity index (χ2n) is 4.21. The molecule has 0 aliphatic heterocycles. The maximum atomic E-state index is 9.43. The molecule has 0 radical (unpaired) electrons. The van der Waals surface area contributed by atoms with Gasteiger partial charge in [0.05, 0.1) is 6.61 Å². The predicted octanol–water partition coefficient (Wildman–Crippen LogP) is 1.90. The molecule has 0 bridgehead atoms. The summed E-state index contributed by atoms with van der Waals surface area (Å²) in [6.45, 7) is 0.133. The van der Waals surface area contributed by atoms with E-state index in [0.717, 1.165) is 0 Å². The first-order chi connectivity index (χ1) is 10.2. The van der Waals surface area contributed by atoms with E-state index in [0.29, 0.717) is 11.1 Å². The molecule has 2 rings (SSSR count). The van der Waals surface area contributed by atoms with E-state index in [1.807, 2.05) is 24.3 Å². The quantitative estimate of drug-likeness (QED) is 0.792. The van der Waals surface area contributed by atoms with Gasteiger partial charge in [0, 0.05) is 12.1 Å². The molecule has 2 aromatic rings. The Balaban J connectivity index is 0.00000242. The number of hydrogen-bond acceptors (Lipinski definition) is 6. The van der Waals surface area contributed by atoms with Gasteiger partial charge >= 0.3 is 0 Å². The van der Waals surface area contributed by atoms with Crippen LogP contribution in [-0.2, 0) is 0 Å². The standard InChI is InChI=1S/C15H13N5O.ClH/c16-8-11-13(10-4-2-1-3-5-10)12(9-17)15(19-6-7-21)20-14(11)18;/h1-5,21H,6-7H2,(H3,18,19,20);1H. The molecule has 112 valence electrons. The maximum absolute atomic E-state index is 9.43. The largest absolute Gasteiger partial charge is 0.395 e. The minimum absolute atomic E-state index is 0. The Hall–Kier alpha value is -2.80. The van der Waals surface area contributed by atoms with Crippen LogP contribution in [0.2, 0.25) is 0 Å². The van der Waals surface area contributed by atoms with Gasteiger partial charge in [-0.1, -0.05) is 30.3 Å². The van der Waals surface area contributed by atoms with Crippen LogP contribution < -0.4 is 11.1 Å². The number of nitrogens with two attached hydrogens (primary N) is 1. The molecule has 0 spiro atoms. The number of hydrogen-bond donors (Lipinski definition) is 3. The Morgan fingerprint density at radius 3 is 2.32 bits per heavy atom. The second-order valence-corrected chi connectivity index (χ2v) is 4.21. The number of pyridine rings is 1. The fourth-order valence-electron chi connectivity index (χ4n) is 2.02. The van der Waals surface area contributed by atoms with Crippen molar-refractivity contribution in [3.05, 3.63) is 41.5 Å². The molecule has 0 amide bonds. The number of benzene rings is 1. The smallest absolute Gasteiger partial charge is 0.147 e. The Morgan fingerprint density at radius 1 is 1.14 bits per heavy atom. The van der Waals surface area contributed by atoms with Crippen LogP contribution in [0.25, 0.3) is 11.1 Å². The van der Waals surface area contributed by atoms with Crippen LogP contribution in [0.5, 0.6) is 0 Å². The predicted molar refractivity (Wildman–Crippen MR) is 86.3 cm³/mol. The fraction of sp³-hybridized carbons (Fsp3) is 0.133. The zero-order valence-electron chi connectivity index (χ0n) is 11.6. The topological polar surface area (TPSA) is 119 Å². The van der Waals surface area contributed by atoms with Gasteiger partial charge in [-0.2, -0.15) is 10.5 Å². The number of nitriles is 2. The van der Waals surface area contributed by atoms with Crippen molar-refractivity contribution in [1.82, 2.24) is 4.98 Å². The van der Waals surface area contributed by atoms with Gasteiger partial charge in [-0.3, -0.25) is 0 Å². The lowest BCUT2D eigenvalue weighted by molar-refractivity contribution is 0.311. The van der Waals surface area contributed by atoms with Gasteiger partial charge in [-0.25, -0.2) is 4.98 Å². The summed E-state index contributed by atoms with van der Waals surface area (Å²) in [5.41, 5.74) is 7.40.